The Morgan fingerprint density at radius 1 is 1.41 bits per heavy atom. The standard InChI is InChI=1S/C14H31N3/c1-6-14(15-7-2)12(3)17(5)11-13-8-9-16(4)10-13/h12-15H,6-11H2,1-5H3. The van der Waals surface area contributed by atoms with Crippen LogP contribution in [-0.2, 0) is 0 Å². The summed E-state index contributed by atoms with van der Waals surface area (Å²) < 4.78 is 0. The molecular formula is C14H31N3. The van der Waals surface area contributed by atoms with Crippen molar-refractivity contribution in [1.29, 1.82) is 0 Å². The van der Waals surface area contributed by atoms with Crippen LogP contribution < -0.4 is 5.32 Å². The van der Waals surface area contributed by atoms with Gasteiger partial charge in [-0.15, -0.1) is 0 Å². The monoisotopic (exact) mass is 241 g/mol. The molecule has 1 rings (SSSR count). The molecule has 1 aliphatic heterocycles. The van der Waals surface area contributed by atoms with Crippen LogP contribution >= 0.6 is 0 Å². The lowest BCUT2D eigenvalue weighted by atomic mass is 10.0. The van der Waals surface area contributed by atoms with E-state index in [0.29, 0.717) is 12.1 Å². The van der Waals surface area contributed by atoms with E-state index >= 15 is 0 Å². The zero-order valence-corrected chi connectivity index (χ0v) is 12.4. The van der Waals surface area contributed by atoms with Crippen molar-refractivity contribution in [2.45, 2.75) is 45.7 Å². The maximum absolute atomic E-state index is 3.59. The molecule has 0 radical (unpaired) electrons. The summed E-state index contributed by atoms with van der Waals surface area (Å²) >= 11 is 0. The summed E-state index contributed by atoms with van der Waals surface area (Å²) in [5.41, 5.74) is 0. The molecule has 102 valence electrons. The smallest absolute Gasteiger partial charge is 0.0218 e. The van der Waals surface area contributed by atoms with Crippen molar-refractivity contribution in [2.24, 2.45) is 5.92 Å². The van der Waals surface area contributed by atoms with Gasteiger partial charge in [-0.25, -0.2) is 0 Å². The van der Waals surface area contributed by atoms with Gasteiger partial charge in [0.2, 0.25) is 0 Å². The van der Waals surface area contributed by atoms with Gasteiger partial charge < -0.3 is 15.1 Å². The van der Waals surface area contributed by atoms with Crippen LogP contribution in [0.15, 0.2) is 0 Å². The summed E-state index contributed by atoms with van der Waals surface area (Å²) in [5, 5.41) is 3.59. The van der Waals surface area contributed by atoms with Gasteiger partial charge in [0.05, 0.1) is 0 Å². The number of rotatable bonds is 7. The Balaban J connectivity index is 2.37. The summed E-state index contributed by atoms with van der Waals surface area (Å²) in [6, 6.07) is 1.26. The molecule has 1 N–H and O–H groups in total. The van der Waals surface area contributed by atoms with Gasteiger partial charge in [0.15, 0.2) is 0 Å². The quantitative estimate of drug-likeness (QED) is 0.731. The molecule has 0 amide bonds. The van der Waals surface area contributed by atoms with Crippen molar-refractivity contribution in [3.05, 3.63) is 0 Å². The van der Waals surface area contributed by atoms with Crippen LogP contribution in [0.5, 0.6) is 0 Å². The topological polar surface area (TPSA) is 18.5 Å². The van der Waals surface area contributed by atoms with Crippen LogP contribution in [0.3, 0.4) is 0 Å². The van der Waals surface area contributed by atoms with Crippen LogP contribution in [0, 0.1) is 5.92 Å². The van der Waals surface area contributed by atoms with Crippen LogP contribution in [-0.4, -0.2) is 62.2 Å². The molecule has 3 atom stereocenters. The highest BCUT2D eigenvalue weighted by Crippen LogP contribution is 2.17. The predicted molar refractivity (Wildman–Crippen MR) is 75.5 cm³/mol. The lowest BCUT2D eigenvalue weighted by molar-refractivity contribution is 0.177. The van der Waals surface area contributed by atoms with E-state index in [2.05, 4.69) is 50.0 Å². The minimum atomic E-state index is 0.629. The maximum Gasteiger partial charge on any atom is 0.0218 e. The lowest BCUT2D eigenvalue weighted by Gasteiger charge is -2.33. The second-order valence-electron chi connectivity index (χ2n) is 5.67. The van der Waals surface area contributed by atoms with E-state index < -0.39 is 0 Å². The normalized spacial score (nSPS) is 25.4. The van der Waals surface area contributed by atoms with E-state index in [1.165, 1.54) is 32.5 Å². The number of hydrogen-bond donors (Lipinski definition) is 1. The molecular weight excluding hydrogens is 210 g/mol. The summed E-state index contributed by atoms with van der Waals surface area (Å²) in [6.07, 6.45) is 2.58. The Kier molecular flexibility index (Phi) is 6.45. The number of likely N-dealkylation sites (N-methyl/N-ethyl adjacent to an activating group) is 2. The third-order valence-corrected chi connectivity index (χ3v) is 4.22. The maximum atomic E-state index is 3.59. The van der Waals surface area contributed by atoms with Crippen molar-refractivity contribution in [1.82, 2.24) is 15.1 Å². The molecule has 0 spiro atoms. The summed E-state index contributed by atoms with van der Waals surface area (Å²) in [6.45, 7) is 11.7. The summed E-state index contributed by atoms with van der Waals surface area (Å²) in [7, 11) is 4.51. The van der Waals surface area contributed by atoms with Gasteiger partial charge in [-0.2, -0.15) is 0 Å². The molecule has 3 heteroatoms. The first-order valence-electron chi connectivity index (χ1n) is 7.20. The number of likely N-dealkylation sites (tertiary alicyclic amines) is 1. The molecule has 3 nitrogen and oxygen atoms in total. The second-order valence-corrected chi connectivity index (χ2v) is 5.67. The minimum absolute atomic E-state index is 0.629. The van der Waals surface area contributed by atoms with Crippen molar-refractivity contribution in [3.8, 4) is 0 Å². The zero-order chi connectivity index (χ0) is 12.8. The third-order valence-electron chi connectivity index (χ3n) is 4.22. The first-order valence-corrected chi connectivity index (χ1v) is 7.20. The highest BCUT2D eigenvalue weighted by atomic mass is 15.2. The Labute approximate surface area is 108 Å². The van der Waals surface area contributed by atoms with Crippen molar-refractivity contribution < 1.29 is 0 Å². The Morgan fingerprint density at radius 2 is 2.12 bits per heavy atom. The van der Waals surface area contributed by atoms with Gasteiger partial charge in [-0.1, -0.05) is 13.8 Å². The molecule has 17 heavy (non-hydrogen) atoms. The number of nitrogens with zero attached hydrogens (tertiary/aromatic N) is 2. The average Bonchev–Trinajstić information content (AvgIpc) is 2.70. The first-order chi connectivity index (χ1) is 8.08. The van der Waals surface area contributed by atoms with Gasteiger partial charge in [-0.05, 0) is 52.9 Å². The van der Waals surface area contributed by atoms with Crippen molar-refractivity contribution in [3.63, 3.8) is 0 Å². The average molecular weight is 241 g/mol. The third kappa shape index (κ3) is 4.57. The van der Waals surface area contributed by atoms with Gasteiger partial charge in [-0.3, -0.25) is 0 Å². The highest BCUT2D eigenvalue weighted by Gasteiger charge is 2.24. The molecule has 1 fully saturated rings. The molecule has 0 bridgehead atoms. The van der Waals surface area contributed by atoms with E-state index in [4.69, 9.17) is 0 Å². The molecule has 0 aromatic heterocycles. The minimum Gasteiger partial charge on any atom is -0.313 e. The van der Waals surface area contributed by atoms with Crippen LogP contribution in [0.2, 0.25) is 0 Å². The van der Waals surface area contributed by atoms with Crippen LogP contribution in [0.25, 0.3) is 0 Å². The molecule has 3 unspecified atom stereocenters. The van der Waals surface area contributed by atoms with Crippen LogP contribution in [0.4, 0.5) is 0 Å². The fourth-order valence-electron chi connectivity index (χ4n) is 2.97. The molecule has 1 heterocycles. The van der Waals surface area contributed by atoms with Crippen molar-refractivity contribution >= 4 is 0 Å². The predicted octanol–water partition coefficient (Wildman–Crippen LogP) is 1.65. The number of hydrogen-bond acceptors (Lipinski definition) is 3. The molecule has 0 aromatic carbocycles. The van der Waals surface area contributed by atoms with Gasteiger partial charge in [0.25, 0.3) is 0 Å². The highest BCUT2D eigenvalue weighted by molar-refractivity contribution is 4.82. The fraction of sp³-hybridized carbons (Fsp3) is 1.00. The first kappa shape index (κ1) is 14.9. The molecule has 1 saturated heterocycles. The summed E-state index contributed by atoms with van der Waals surface area (Å²) in [5.74, 6) is 0.867. The van der Waals surface area contributed by atoms with Crippen LogP contribution in [0.1, 0.15) is 33.6 Å². The Bertz CT molecular complexity index is 208. The van der Waals surface area contributed by atoms with E-state index in [1.54, 1.807) is 0 Å². The largest absolute Gasteiger partial charge is 0.313 e. The van der Waals surface area contributed by atoms with Crippen molar-refractivity contribution in [2.75, 3.05) is 40.3 Å². The molecule has 0 saturated carbocycles. The van der Waals surface area contributed by atoms with E-state index in [1.807, 2.05) is 0 Å². The van der Waals surface area contributed by atoms with Gasteiger partial charge in [0.1, 0.15) is 0 Å². The zero-order valence-electron chi connectivity index (χ0n) is 12.4. The molecule has 0 aromatic rings. The lowest BCUT2D eigenvalue weighted by Crippen LogP contribution is -2.48. The Hall–Kier alpha value is -0.120. The van der Waals surface area contributed by atoms with E-state index in [0.717, 1.165) is 12.5 Å². The molecule has 1 aliphatic rings. The van der Waals surface area contributed by atoms with Gasteiger partial charge in [0, 0.05) is 25.2 Å². The fourth-order valence-corrected chi connectivity index (χ4v) is 2.97. The Morgan fingerprint density at radius 3 is 2.59 bits per heavy atom. The second kappa shape index (κ2) is 7.34. The molecule has 0 aliphatic carbocycles. The number of nitrogens with one attached hydrogen (secondary N) is 1. The van der Waals surface area contributed by atoms with E-state index in [-0.39, 0.29) is 0 Å². The summed E-state index contributed by atoms with van der Waals surface area (Å²) in [4.78, 5) is 4.99. The SMILES string of the molecule is CCNC(CC)C(C)N(C)CC1CCN(C)C1. The van der Waals surface area contributed by atoms with E-state index in [9.17, 15) is 0 Å². The van der Waals surface area contributed by atoms with Gasteiger partial charge >= 0.3 is 0 Å².